The number of phenolic OH excluding ortho intramolecular Hbond substituents is 1. The van der Waals surface area contributed by atoms with Crippen LogP contribution >= 0.6 is 0 Å². The van der Waals surface area contributed by atoms with E-state index in [1.807, 2.05) is 0 Å². The van der Waals surface area contributed by atoms with Crippen LogP contribution in [0.5, 0.6) is 11.5 Å². The number of halogens is 1. The SMILES string of the molecule is CCCCCCCOc1ccc(O)c(F)c1. The van der Waals surface area contributed by atoms with Gasteiger partial charge in [-0.2, -0.15) is 0 Å². The third kappa shape index (κ3) is 4.51. The first-order valence-electron chi connectivity index (χ1n) is 5.85. The van der Waals surface area contributed by atoms with Gasteiger partial charge in [0.15, 0.2) is 11.6 Å². The van der Waals surface area contributed by atoms with Gasteiger partial charge in [0.05, 0.1) is 6.61 Å². The minimum absolute atomic E-state index is 0.338. The summed E-state index contributed by atoms with van der Waals surface area (Å²) in [5.74, 6) is -0.496. The first-order valence-corrected chi connectivity index (χ1v) is 5.85. The molecule has 3 heteroatoms. The number of benzene rings is 1. The molecule has 0 bridgehead atoms. The van der Waals surface area contributed by atoms with Crippen molar-refractivity contribution in [2.75, 3.05) is 6.61 Å². The molecule has 1 aromatic carbocycles. The van der Waals surface area contributed by atoms with Gasteiger partial charge in [0.2, 0.25) is 0 Å². The van der Waals surface area contributed by atoms with Gasteiger partial charge in [-0.25, -0.2) is 4.39 Å². The third-order valence-corrected chi connectivity index (χ3v) is 2.44. The zero-order chi connectivity index (χ0) is 11.8. The summed E-state index contributed by atoms with van der Waals surface area (Å²) in [5.41, 5.74) is 0. The lowest BCUT2D eigenvalue weighted by Gasteiger charge is -2.06. The summed E-state index contributed by atoms with van der Waals surface area (Å²) in [4.78, 5) is 0. The van der Waals surface area contributed by atoms with E-state index in [9.17, 15) is 4.39 Å². The van der Waals surface area contributed by atoms with Gasteiger partial charge in [-0.3, -0.25) is 0 Å². The van der Waals surface area contributed by atoms with Crippen molar-refractivity contribution in [2.24, 2.45) is 0 Å². The first-order chi connectivity index (χ1) is 7.74. The van der Waals surface area contributed by atoms with Crippen molar-refractivity contribution in [1.82, 2.24) is 0 Å². The van der Waals surface area contributed by atoms with Crippen molar-refractivity contribution in [3.8, 4) is 11.5 Å². The molecule has 1 N–H and O–H groups in total. The van der Waals surface area contributed by atoms with Gasteiger partial charge < -0.3 is 9.84 Å². The standard InChI is InChI=1S/C13H19FO2/c1-2-3-4-5-6-9-16-11-7-8-13(15)12(14)10-11/h7-8,10,15H,2-6,9H2,1H3. The van der Waals surface area contributed by atoms with Crippen molar-refractivity contribution >= 4 is 0 Å². The highest BCUT2D eigenvalue weighted by atomic mass is 19.1. The van der Waals surface area contributed by atoms with Gasteiger partial charge in [-0.05, 0) is 18.6 Å². The van der Waals surface area contributed by atoms with E-state index in [4.69, 9.17) is 9.84 Å². The van der Waals surface area contributed by atoms with Crippen LogP contribution in [0.4, 0.5) is 4.39 Å². The van der Waals surface area contributed by atoms with E-state index in [1.165, 1.54) is 31.4 Å². The number of rotatable bonds is 7. The molecule has 0 saturated carbocycles. The molecule has 0 heterocycles. The minimum atomic E-state index is -0.636. The molecule has 0 aliphatic carbocycles. The molecule has 16 heavy (non-hydrogen) atoms. The number of hydrogen-bond donors (Lipinski definition) is 1. The Hall–Kier alpha value is -1.25. The highest BCUT2D eigenvalue weighted by molar-refractivity contribution is 5.31. The molecular weight excluding hydrogens is 207 g/mol. The average Bonchev–Trinajstić information content (AvgIpc) is 2.28. The lowest BCUT2D eigenvalue weighted by molar-refractivity contribution is 0.301. The Morgan fingerprint density at radius 1 is 1.19 bits per heavy atom. The van der Waals surface area contributed by atoms with Crippen LogP contribution in [-0.2, 0) is 0 Å². The molecule has 0 atom stereocenters. The molecule has 1 rings (SSSR count). The van der Waals surface area contributed by atoms with Crippen LogP contribution in [-0.4, -0.2) is 11.7 Å². The lowest BCUT2D eigenvalue weighted by Crippen LogP contribution is -1.97. The summed E-state index contributed by atoms with van der Waals surface area (Å²) < 4.78 is 18.3. The Labute approximate surface area is 96.1 Å². The number of phenols is 1. The van der Waals surface area contributed by atoms with Gasteiger partial charge in [0.1, 0.15) is 5.75 Å². The molecule has 0 saturated heterocycles. The summed E-state index contributed by atoms with van der Waals surface area (Å²) >= 11 is 0. The van der Waals surface area contributed by atoms with Crippen LogP contribution in [0.1, 0.15) is 39.0 Å². The molecule has 0 spiro atoms. The van der Waals surface area contributed by atoms with Gasteiger partial charge in [-0.1, -0.05) is 32.6 Å². The maximum Gasteiger partial charge on any atom is 0.168 e. The number of ether oxygens (including phenoxy) is 1. The largest absolute Gasteiger partial charge is 0.505 e. The summed E-state index contributed by atoms with van der Waals surface area (Å²) in [6.45, 7) is 2.78. The fraction of sp³-hybridized carbons (Fsp3) is 0.538. The number of hydrogen-bond acceptors (Lipinski definition) is 2. The molecule has 0 aromatic heterocycles. The maximum atomic E-state index is 12.9. The number of unbranched alkanes of at least 4 members (excludes halogenated alkanes) is 4. The normalized spacial score (nSPS) is 10.4. The monoisotopic (exact) mass is 226 g/mol. The predicted octanol–water partition coefficient (Wildman–Crippen LogP) is 3.88. The second-order valence-electron chi connectivity index (χ2n) is 3.88. The smallest absolute Gasteiger partial charge is 0.168 e. The van der Waals surface area contributed by atoms with Crippen LogP contribution < -0.4 is 4.74 Å². The quantitative estimate of drug-likeness (QED) is 0.715. The highest BCUT2D eigenvalue weighted by Crippen LogP contribution is 2.21. The van der Waals surface area contributed by atoms with E-state index in [0.717, 1.165) is 12.8 Å². The van der Waals surface area contributed by atoms with Gasteiger partial charge >= 0.3 is 0 Å². The minimum Gasteiger partial charge on any atom is -0.505 e. The summed E-state index contributed by atoms with van der Waals surface area (Å²) in [7, 11) is 0. The van der Waals surface area contributed by atoms with Crippen molar-refractivity contribution in [3.05, 3.63) is 24.0 Å². The van der Waals surface area contributed by atoms with Crippen LogP contribution in [0.25, 0.3) is 0 Å². The van der Waals surface area contributed by atoms with Crippen LogP contribution in [0, 0.1) is 5.82 Å². The molecule has 0 fully saturated rings. The summed E-state index contributed by atoms with van der Waals surface area (Å²) in [6.07, 6.45) is 5.85. The fourth-order valence-corrected chi connectivity index (χ4v) is 1.47. The second-order valence-corrected chi connectivity index (χ2v) is 3.88. The molecular formula is C13H19FO2. The summed E-state index contributed by atoms with van der Waals surface area (Å²) in [5, 5.41) is 8.98. The van der Waals surface area contributed by atoms with Gasteiger partial charge in [0.25, 0.3) is 0 Å². The molecule has 90 valence electrons. The second kappa shape index (κ2) is 7.09. The molecule has 0 radical (unpaired) electrons. The van der Waals surface area contributed by atoms with E-state index in [-0.39, 0.29) is 5.75 Å². The molecule has 0 aliphatic heterocycles. The van der Waals surface area contributed by atoms with E-state index in [1.54, 1.807) is 6.07 Å². The Bertz CT molecular complexity index is 313. The first kappa shape index (κ1) is 12.8. The highest BCUT2D eigenvalue weighted by Gasteiger charge is 2.01. The molecule has 0 aliphatic rings. The molecule has 2 nitrogen and oxygen atoms in total. The Balaban J connectivity index is 2.19. The average molecular weight is 226 g/mol. The fourth-order valence-electron chi connectivity index (χ4n) is 1.47. The van der Waals surface area contributed by atoms with Crippen molar-refractivity contribution < 1.29 is 14.2 Å². The Kier molecular flexibility index (Phi) is 5.68. The zero-order valence-corrected chi connectivity index (χ0v) is 9.71. The van der Waals surface area contributed by atoms with E-state index < -0.39 is 5.82 Å². The van der Waals surface area contributed by atoms with Crippen molar-refractivity contribution in [1.29, 1.82) is 0 Å². The molecule has 1 aromatic rings. The Morgan fingerprint density at radius 2 is 1.94 bits per heavy atom. The van der Waals surface area contributed by atoms with E-state index in [2.05, 4.69) is 6.92 Å². The lowest BCUT2D eigenvalue weighted by atomic mass is 10.2. The topological polar surface area (TPSA) is 29.5 Å². The van der Waals surface area contributed by atoms with Crippen molar-refractivity contribution in [3.63, 3.8) is 0 Å². The maximum absolute atomic E-state index is 12.9. The van der Waals surface area contributed by atoms with E-state index >= 15 is 0 Å². The summed E-state index contributed by atoms with van der Waals surface area (Å²) in [6, 6.07) is 4.09. The van der Waals surface area contributed by atoms with Crippen LogP contribution in [0.15, 0.2) is 18.2 Å². The molecule has 0 amide bonds. The van der Waals surface area contributed by atoms with Crippen LogP contribution in [0.2, 0.25) is 0 Å². The number of aromatic hydroxyl groups is 1. The van der Waals surface area contributed by atoms with E-state index in [0.29, 0.717) is 12.4 Å². The molecule has 0 unspecified atom stereocenters. The third-order valence-electron chi connectivity index (χ3n) is 2.44. The van der Waals surface area contributed by atoms with Gasteiger partial charge in [0, 0.05) is 6.07 Å². The predicted molar refractivity (Wildman–Crippen MR) is 62.3 cm³/mol. The zero-order valence-electron chi connectivity index (χ0n) is 9.71. The van der Waals surface area contributed by atoms with Crippen LogP contribution in [0.3, 0.4) is 0 Å². The van der Waals surface area contributed by atoms with Crippen molar-refractivity contribution in [2.45, 2.75) is 39.0 Å². The van der Waals surface area contributed by atoms with Gasteiger partial charge in [-0.15, -0.1) is 0 Å². The Morgan fingerprint density at radius 3 is 2.62 bits per heavy atom.